The van der Waals surface area contributed by atoms with Gasteiger partial charge >= 0.3 is 12.1 Å². The molecule has 0 spiro atoms. The smallest absolute Gasteiger partial charge is 0.461 e. The summed E-state index contributed by atoms with van der Waals surface area (Å²) in [6.07, 6.45) is -3.39. The van der Waals surface area contributed by atoms with E-state index in [9.17, 15) is 31.5 Å². The minimum absolute atomic E-state index is 0.0116. The van der Waals surface area contributed by atoms with Crippen molar-refractivity contribution in [2.24, 2.45) is 5.92 Å². The predicted molar refractivity (Wildman–Crippen MR) is 65.0 cm³/mol. The van der Waals surface area contributed by atoms with Gasteiger partial charge in [-0.15, -0.1) is 0 Å². The Kier molecular flexibility index (Phi) is 4.21. The number of furan rings is 1. The van der Waals surface area contributed by atoms with Crippen LogP contribution in [0.25, 0.3) is 6.08 Å². The first kappa shape index (κ1) is 16.4. The van der Waals surface area contributed by atoms with Gasteiger partial charge in [0.2, 0.25) is 5.78 Å². The van der Waals surface area contributed by atoms with E-state index >= 15 is 0 Å². The molecule has 0 aromatic carbocycles. The average Bonchev–Trinajstić information content (AvgIpc) is 2.92. The first-order valence-electron chi connectivity index (χ1n) is 6.41. The van der Waals surface area contributed by atoms with Crippen LogP contribution < -0.4 is 0 Å². The molecule has 120 valence electrons. The van der Waals surface area contributed by atoms with E-state index in [2.05, 4.69) is 0 Å². The standard InChI is InChI=1S/C14H11F5O3/c15-13(16,14(17,18)19)12(21)10-5-1-3-8(11(10)20)7-9-4-2-6-22-9/h2,4,6-7,10H,1,3,5H2/b8-7+. The van der Waals surface area contributed by atoms with Crippen molar-refractivity contribution in [3.63, 3.8) is 0 Å². The number of hydrogen-bond donors (Lipinski definition) is 0. The minimum atomic E-state index is -6.01. The third-order valence-corrected chi connectivity index (χ3v) is 3.41. The summed E-state index contributed by atoms with van der Waals surface area (Å²) in [4.78, 5) is 23.5. The van der Waals surface area contributed by atoms with Crippen LogP contribution in [0.5, 0.6) is 0 Å². The molecule has 1 heterocycles. The zero-order valence-electron chi connectivity index (χ0n) is 11.1. The third kappa shape index (κ3) is 2.95. The van der Waals surface area contributed by atoms with E-state index in [1.54, 1.807) is 0 Å². The highest BCUT2D eigenvalue weighted by Gasteiger charge is 2.65. The molecule has 0 amide bonds. The van der Waals surface area contributed by atoms with Crippen molar-refractivity contribution in [3.8, 4) is 0 Å². The molecule has 8 heteroatoms. The lowest BCUT2D eigenvalue weighted by Gasteiger charge is -2.26. The molecule has 0 radical (unpaired) electrons. The van der Waals surface area contributed by atoms with E-state index in [1.807, 2.05) is 0 Å². The van der Waals surface area contributed by atoms with E-state index in [-0.39, 0.29) is 30.6 Å². The monoisotopic (exact) mass is 322 g/mol. The van der Waals surface area contributed by atoms with Crippen LogP contribution in [0.3, 0.4) is 0 Å². The lowest BCUT2D eigenvalue weighted by atomic mass is 9.79. The van der Waals surface area contributed by atoms with Crippen LogP contribution in [-0.4, -0.2) is 23.7 Å². The summed E-state index contributed by atoms with van der Waals surface area (Å²) >= 11 is 0. The zero-order chi connectivity index (χ0) is 16.5. The topological polar surface area (TPSA) is 47.3 Å². The molecule has 0 saturated heterocycles. The maximum Gasteiger partial charge on any atom is 0.461 e. The summed E-state index contributed by atoms with van der Waals surface area (Å²) < 4.78 is 68.0. The fourth-order valence-corrected chi connectivity index (χ4v) is 2.27. The quantitative estimate of drug-likeness (QED) is 0.483. The Hall–Kier alpha value is -1.99. The van der Waals surface area contributed by atoms with Crippen molar-refractivity contribution >= 4 is 17.6 Å². The van der Waals surface area contributed by atoms with Gasteiger partial charge in [0.05, 0.1) is 12.2 Å². The lowest BCUT2D eigenvalue weighted by molar-refractivity contribution is -0.270. The van der Waals surface area contributed by atoms with Crippen LogP contribution in [0, 0.1) is 5.92 Å². The van der Waals surface area contributed by atoms with Crippen LogP contribution in [0.1, 0.15) is 25.0 Å². The number of alkyl halides is 5. The van der Waals surface area contributed by atoms with E-state index in [0.717, 1.165) is 0 Å². The van der Waals surface area contributed by atoms with Crippen LogP contribution in [-0.2, 0) is 9.59 Å². The van der Waals surface area contributed by atoms with Gasteiger partial charge in [-0.2, -0.15) is 22.0 Å². The minimum Gasteiger partial charge on any atom is -0.465 e. The molecule has 1 aromatic rings. The predicted octanol–water partition coefficient (Wildman–Crippen LogP) is 3.80. The number of carbonyl (C=O) groups excluding carboxylic acids is 2. The SMILES string of the molecule is O=C1/C(=C/c2ccco2)CCCC1C(=O)C(F)(F)C(F)(F)F. The van der Waals surface area contributed by atoms with Gasteiger partial charge in [-0.1, -0.05) is 0 Å². The highest BCUT2D eigenvalue weighted by atomic mass is 19.4. The maximum atomic E-state index is 13.1. The van der Waals surface area contributed by atoms with Crippen molar-refractivity contribution in [1.29, 1.82) is 0 Å². The van der Waals surface area contributed by atoms with Gasteiger partial charge in [0, 0.05) is 0 Å². The number of Topliss-reactive ketones (excluding diaryl/α,β-unsaturated/α-hetero) is 2. The second-order valence-electron chi connectivity index (χ2n) is 4.93. The Balaban J connectivity index is 2.26. The van der Waals surface area contributed by atoms with Crippen LogP contribution >= 0.6 is 0 Å². The molecule has 1 fully saturated rings. The summed E-state index contributed by atoms with van der Waals surface area (Å²) in [5, 5.41) is 0. The van der Waals surface area contributed by atoms with Crippen LogP contribution in [0.4, 0.5) is 22.0 Å². The van der Waals surface area contributed by atoms with Gasteiger partial charge in [-0.3, -0.25) is 9.59 Å². The fraction of sp³-hybridized carbons (Fsp3) is 0.429. The summed E-state index contributed by atoms with van der Waals surface area (Å²) in [5.41, 5.74) is 0.0116. The Morgan fingerprint density at radius 1 is 1.27 bits per heavy atom. The molecule has 0 bridgehead atoms. The Morgan fingerprint density at radius 2 is 1.95 bits per heavy atom. The van der Waals surface area contributed by atoms with E-state index in [1.165, 1.54) is 24.5 Å². The summed E-state index contributed by atoms with van der Waals surface area (Å²) in [5.74, 6) is -10.6. The Labute approximate surface area is 121 Å². The summed E-state index contributed by atoms with van der Waals surface area (Å²) in [7, 11) is 0. The molecule has 1 atom stereocenters. The molecule has 1 saturated carbocycles. The van der Waals surface area contributed by atoms with Gasteiger partial charge in [-0.25, -0.2) is 0 Å². The highest BCUT2D eigenvalue weighted by molar-refractivity contribution is 6.14. The maximum absolute atomic E-state index is 13.1. The Morgan fingerprint density at radius 3 is 2.50 bits per heavy atom. The highest BCUT2D eigenvalue weighted by Crippen LogP contribution is 2.40. The van der Waals surface area contributed by atoms with Crippen molar-refractivity contribution in [2.45, 2.75) is 31.4 Å². The van der Waals surface area contributed by atoms with E-state index in [4.69, 9.17) is 4.42 Å². The van der Waals surface area contributed by atoms with Crippen molar-refractivity contribution in [3.05, 3.63) is 29.7 Å². The largest absolute Gasteiger partial charge is 0.465 e. The first-order chi connectivity index (χ1) is 10.1. The number of allylic oxidation sites excluding steroid dienone is 1. The second-order valence-corrected chi connectivity index (χ2v) is 4.93. The van der Waals surface area contributed by atoms with Gasteiger partial charge in [0.25, 0.3) is 0 Å². The lowest BCUT2D eigenvalue weighted by Crippen LogP contribution is -2.49. The molecular weight excluding hydrogens is 311 g/mol. The summed E-state index contributed by atoms with van der Waals surface area (Å²) in [6, 6.07) is 3.02. The molecule has 0 N–H and O–H groups in total. The van der Waals surface area contributed by atoms with Crippen molar-refractivity contribution in [1.82, 2.24) is 0 Å². The van der Waals surface area contributed by atoms with Gasteiger partial charge in [0.1, 0.15) is 5.76 Å². The van der Waals surface area contributed by atoms with Crippen molar-refractivity contribution in [2.75, 3.05) is 0 Å². The number of ketones is 2. The van der Waals surface area contributed by atoms with Crippen LogP contribution in [0.15, 0.2) is 28.4 Å². The molecule has 22 heavy (non-hydrogen) atoms. The number of halogens is 5. The Bertz CT molecular complexity index is 598. The van der Waals surface area contributed by atoms with Crippen LogP contribution in [0.2, 0.25) is 0 Å². The molecule has 1 aliphatic rings. The van der Waals surface area contributed by atoms with Gasteiger partial charge in [0.15, 0.2) is 5.78 Å². The van der Waals surface area contributed by atoms with E-state index in [0.29, 0.717) is 0 Å². The van der Waals surface area contributed by atoms with Gasteiger partial charge in [-0.05, 0) is 43.0 Å². The molecule has 0 aliphatic heterocycles. The molecule has 1 aromatic heterocycles. The molecule has 3 nitrogen and oxygen atoms in total. The third-order valence-electron chi connectivity index (χ3n) is 3.41. The van der Waals surface area contributed by atoms with Gasteiger partial charge < -0.3 is 4.42 Å². The molecule has 1 unspecified atom stereocenters. The molecular formula is C14H11F5O3. The van der Waals surface area contributed by atoms with Crippen molar-refractivity contribution < 1.29 is 36.0 Å². The first-order valence-corrected chi connectivity index (χ1v) is 6.41. The number of rotatable bonds is 3. The average molecular weight is 322 g/mol. The number of hydrogen-bond acceptors (Lipinski definition) is 3. The molecule has 2 rings (SSSR count). The van der Waals surface area contributed by atoms with E-state index < -0.39 is 29.6 Å². The molecule has 1 aliphatic carbocycles. The fourth-order valence-electron chi connectivity index (χ4n) is 2.27. The normalized spacial score (nSPS) is 22.1. The second kappa shape index (κ2) is 5.66. The summed E-state index contributed by atoms with van der Waals surface area (Å²) in [6.45, 7) is 0. The number of carbonyl (C=O) groups is 2. The zero-order valence-corrected chi connectivity index (χ0v) is 11.1.